The van der Waals surface area contributed by atoms with Gasteiger partial charge in [-0.05, 0) is 43.7 Å². The minimum atomic E-state index is -3.79. The van der Waals surface area contributed by atoms with Crippen molar-refractivity contribution in [1.29, 1.82) is 0 Å². The van der Waals surface area contributed by atoms with Gasteiger partial charge < -0.3 is 4.90 Å². The van der Waals surface area contributed by atoms with E-state index in [1.54, 1.807) is 41.3 Å². The van der Waals surface area contributed by atoms with E-state index < -0.39 is 16.2 Å². The number of sulfonamides is 1. The molecule has 0 radical (unpaired) electrons. The van der Waals surface area contributed by atoms with Gasteiger partial charge in [-0.15, -0.1) is 0 Å². The molecule has 5 nitrogen and oxygen atoms in total. The predicted molar refractivity (Wildman–Crippen MR) is 116 cm³/mol. The number of hydrogen-bond acceptors (Lipinski definition) is 3. The summed E-state index contributed by atoms with van der Waals surface area (Å²) in [6.07, 6.45) is -0.708. The Labute approximate surface area is 177 Å². The summed E-state index contributed by atoms with van der Waals surface area (Å²) in [5.41, 5.74) is 2.30. The van der Waals surface area contributed by atoms with Crippen molar-refractivity contribution in [1.82, 2.24) is 9.21 Å². The number of benzene rings is 3. The van der Waals surface area contributed by atoms with E-state index in [4.69, 9.17) is 0 Å². The Kier molecular flexibility index (Phi) is 5.45. The highest BCUT2D eigenvalue weighted by atomic mass is 32.2. The highest BCUT2D eigenvalue weighted by Crippen LogP contribution is 2.38. The van der Waals surface area contributed by atoms with Crippen LogP contribution < -0.4 is 0 Å². The lowest BCUT2D eigenvalue weighted by Gasteiger charge is -2.31. The third-order valence-electron chi connectivity index (χ3n) is 5.44. The van der Waals surface area contributed by atoms with Crippen LogP contribution in [0.4, 0.5) is 0 Å². The molecule has 3 aromatic rings. The van der Waals surface area contributed by atoms with Crippen molar-refractivity contribution < 1.29 is 13.2 Å². The molecule has 0 unspecified atom stereocenters. The van der Waals surface area contributed by atoms with Crippen molar-refractivity contribution in [3.63, 3.8) is 0 Å². The zero-order valence-corrected chi connectivity index (χ0v) is 17.8. The molecule has 0 bridgehead atoms. The van der Waals surface area contributed by atoms with Crippen LogP contribution in [0.5, 0.6) is 0 Å². The molecule has 0 aromatic heterocycles. The number of carbonyl (C=O) groups is 1. The van der Waals surface area contributed by atoms with E-state index in [1.165, 1.54) is 4.31 Å². The molecule has 0 spiro atoms. The molecule has 1 aliphatic rings. The Morgan fingerprint density at radius 1 is 0.867 bits per heavy atom. The number of rotatable bonds is 4. The molecule has 0 N–H and O–H groups in total. The van der Waals surface area contributed by atoms with Crippen LogP contribution in [-0.4, -0.2) is 36.1 Å². The monoisotopic (exact) mass is 420 g/mol. The summed E-state index contributed by atoms with van der Waals surface area (Å²) in [7, 11) is -3.79. The second kappa shape index (κ2) is 8.05. The van der Waals surface area contributed by atoms with E-state index in [1.807, 2.05) is 62.4 Å². The zero-order chi connectivity index (χ0) is 21.3. The van der Waals surface area contributed by atoms with E-state index in [9.17, 15) is 13.2 Å². The predicted octanol–water partition coefficient (Wildman–Crippen LogP) is 4.23. The van der Waals surface area contributed by atoms with E-state index in [2.05, 4.69) is 0 Å². The third-order valence-corrected chi connectivity index (χ3v) is 7.27. The summed E-state index contributed by atoms with van der Waals surface area (Å²) in [6, 6.07) is 24.9. The molecule has 154 valence electrons. The van der Waals surface area contributed by atoms with Crippen LogP contribution in [0.15, 0.2) is 89.8 Å². The van der Waals surface area contributed by atoms with Gasteiger partial charge in [-0.1, -0.05) is 66.2 Å². The molecule has 6 heteroatoms. The van der Waals surface area contributed by atoms with Crippen LogP contribution in [0.2, 0.25) is 0 Å². The number of nitrogens with zero attached hydrogens (tertiary/aromatic N) is 2. The van der Waals surface area contributed by atoms with Crippen molar-refractivity contribution in [3.05, 3.63) is 102 Å². The Bertz CT molecular complexity index is 1130. The van der Waals surface area contributed by atoms with Gasteiger partial charge in [0.05, 0.1) is 4.90 Å². The summed E-state index contributed by atoms with van der Waals surface area (Å²) in [4.78, 5) is 15.3. The van der Waals surface area contributed by atoms with Gasteiger partial charge in [0, 0.05) is 18.2 Å². The van der Waals surface area contributed by atoms with Crippen LogP contribution in [0.3, 0.4) is 0 Å². The number of amides is 1. The molecule has 1 aliphatic heterocycles. The lowest BCUT2D eigenvalue weighted by Crippen LogP contribution is -2.39. The van der Waals surface area contributed by atoms with Gasteiger partial charge in [0.2, 0.25) is 10.0 Å². The first-order valence-corrected chi connectivity index (χ1v) is 11.3. The molecule has 1 saturated heterocycles. The minimum absolute atomic E-state index is 0.182. The fourth-order valence-corrected chi connectivity index (χ4v) is 5.55. The van der Waals surface area contributed by atoms with Crippen molar-refractivity contribution in [2.45, 2.75) is 31.0 Å². The number of aryl methyl sites for hydroxylation is 1. The van der Waals surface area contributed by atoms with Crippen LogP contribution >= 0.6 is 0 Å². The molecule has 0 saturated carbocycles. The van der Waals surface area contributed by atoms with E-state index in [-0.39, 0.29) is 23.4 Å². The molecule has 0 aliphatic carbocycles. The molecule has 1 heterocycles. The standard InChI is InChI=1S/C24H24N2O3S/c1-18-13-15-22(16-14-18)30(28,29)25-17-19(2)26(23(25)20-9-5-3-6-10-20)24(27)21-11-7-4-8-12-21/h3-16,19,23H,17H2,1-2H3/t19-,23-/m1/s1. The molecule has 30 heavy (non-hydrogen) atoms. The summed E-state index contributed by atoms with van der Waals surface area (Å²) in [6.45, 7) is 4.04. The maximum atomic E-state index is 13.6. The molecule has 4 rings (SSSR count). The zero-order valence-electron chi connectivity index (χ0n) is 17.0. The average molecular weight is 421 g/mol. The van der Waals surface area contributed by atoms with Crippen molar-refractivity contribution in [2.24, 2.45) is 0 Å². The second-order valence-electron chi connectivity index (χ2n) is 7.60. The first-order valence-electron chi connectivity index (χ1n) is 9.91. The summed E-state index contributed by atoms with van der Waals surface area (Å²) >= 11 is 0. The summed E-state index contributed by atoms with van der Waals surface area (Å²) in [5.74, 6) is -0.182. The van der Waals surface area contributed by atoms with Crippen LogP contribution in [0.25, 0.3) is 0 Å². The van der Waals surface area contributed by atoms with E-state index in [0.29, 0.717) is 5.56 Å². The van der Waals surface area contributed by atoms with Crippen LogP contribution in [0, 0.1) is 6.92 Å². The van der Waals surface area contributed by atoms with Gasteiger partial charge in [-0.2, -0.15) is 4.31 Å². The first kappa shape index (κ1) is 20.3. The van der Waals surface area contributed by atoms with Crippen molar-refractivity contribution >= 4 is 15.9 Å². The Morgan fingerprint density at radius 3 is 2.03 bits per heavy atom. The van der Waals surface area contributed by atoms with Gasteiger partial charge in [0.15, 0.2) is 0 Å². The Morgan fingerprint density at radius 2 is 1.43 bits per heavy atom. The molecular weight excluding hydrogens is 396 g/mol. The fraction of sp³-hybridized carbons (Fsp3) is 0.208. The SMILES string of the molecule is Cc1ccc(S(=O)(=O)N2C[C@@H](C)N(C(=O)c3ccccc3)[C@@H]2c2ccccc2)cc1. The maximum absolute atomic E-state index is 13.6. The van der Waals surface area contributed by atoms with Gasteiger partial charge in [0.25, 0.3) is 5.91 Å². The van der Waals surface area contributed by atoms with Crippen LogP contribution in [-0.2, 0) is 10.0 Å². The molecule has 1 fully saturated rings. The fourth-order valence-electron chi connectivity index (χ4n) is 3.90. The van der Waals surface area contributed by atoms with Crippen LogP contribution in [0.1, 0.15) is 34.6 Å². The Balaban J connectivity index is 1.81. The van der Waals surface area contributed by atoms with E-state index in [0.717, 1.165) is 11.1 Å². The molecule has 1 amide bonds. The maximum Gasteiger partial charge on any atom is 0.255 e. The Hall–Kier alpha value is -2.96. The topological polar surface area (TPSA) is 57.7 Å². The highest BCUT2D eigenvalue weighted by molar-refractivity contribution is 7.89. The van der Waals surface area contributed by atoms with Gasteiger partial charge in [-0.25, -0.2) is 8.42 Å². The minimum Gasteiger partial charge on any atom is -0.314 e. The smallest absolute Gasteiger partial charge is 0.255 e. The normalized spacial score (nSPS) is 19.7. The largest absolute Gasteiger partial charge is 0.314 e. The highest BCUT2D eigenvalue weighted by Gasteiger charge is 2.47. The van der Waals surface area contributed by atoms with E-state index >= 15 is 0 Å². The number of carbonyl (C=O) groups excluding carboxylic acids is 1. The summed E-state index contributed by atoms with van der Waals surface area (Å²) < 4.78 is 28.6. The molecular formula is C24H24N2O3S. The van der Waals surface area contributed by atoms with Gasteiger partial charge in [0.1, 0.15) is 6.17 Å². The third kappa shape index (κ3) is 3.64. The van der Waals surface area contributed by atoms with Gasteiger partial charge in [-0.3, -0.25) is 4.79 Å². The van der Waals surface area contributed by atoms with Crippen molar-refractivity contribution in [3.8, 4) is 0 Å². The van der Waals surface area contributed by atoms with Crippen molar-refractivity contribution in [2.75, 3.05) is 6.54 Å². The lowest BCUT2D eigenvalue weighted by molar-refractivity contribution is 0.0640. The summed E-state index contributed by atoms with van der Waals surface area (Å²) in [5, 5.41) is 0. The van der Waals surface area contributed by atoms with Gasteiger partial charge >= 0.3 is 0 Å². The molecule has 2 atom stereocenters. The lowest BCUT2D eigenvalue weighted by atomic mass is 10.1. The quantitative estimate of drug-likeness (QED) is 0.635. The average Bonchev–Trinajstić information content (AvgIpc) is 3.12. The second-order valence-corrected chi connectivity index (χ2v) is 9.49. The number of hydrogen-bond donors (Lipinski definition) is 0. The first-order chi connectivity index (χ1) is 14.4. The molecule has 3 aromatic carbocycles.